The molecular formula is C16H24N2O3. The lowest BCUT2D eigenvalue weighted by molar-refractivity contribution is -0.132. The summed E-state index contributed by atoms with van der Waals surface area (Å²) in [7, 11) is 0. The molecule has 1 amide bonds. The van der Waals surface area contributed by atoms with Gasteiger partial charge in [-0.25, -0.2) is 0 Å². The molecule has 1 N–H and O–H groups in total. The van der Waals surface area contributed by atoms with Crippen molar-refractivity contribution in [3.8, 4) is 11.5 Å². The Morgan fingerprint density at radius 3 is 2.52 bits per heavy atom. The van der Waals surface area contributed by atoms with Crippen molar-refractivity contribution in [2.45, 2.75) is 19.8 Å². The molecule has 0 unspecified atom stereocenters. The molecule has 0 spiro atoms. The Balaban J connectivity index is 1.70. The van der Waals surface area contributed by atoms with Crippen LogP contribution in [0.1, 0.15) is 19.8 Å². The first-order valence-corrected chi connectivity index (χ1v) is 7.64. The van der Waals surface area contributed by atoms with Gasteiger partial charge in [0.15, 0.2) is 11.5 Å². The van der Waals surface area contributed by atoms with Crippen LogP contribution >= 0.6 is 0 Å². The van der Waals surface area contributed by atoms with Crippen molar-refractivity contribution in [1.82, 2.24) is 10.2 Å². The van der Waals surface area contributed by atoms with Crippen molar-refractivity contribution in [2.75, 3.05) is 39.4 Å². The lowest BCUT2D eigenvalue weighted by atomic mass is 10.2. The summed E-state index contributed by atoms with van der Waals surface area (Å²) in [5.41, 5.74) is 0. The third kappa shape index (κ3) is 4.93. The number of ether oxygens (including phenoxy) is 2. The van der Waals surface area contributed by atoms with Crippen LogP contribution in [-0.4, -0.2) is 50.2 Å². The molecular weight excluding hydrogens is 268 g/mol. The van der Waals surface area contributed by atoms with E-state index in [2.05, 4.69) is 5.32 Å². The fraction of sp³-hybridized carbons (Fsp3) is 0.562. The summed E-state index contributed by atoms with van der Waals surface area (Å²) >= 11 is 0. The van der Waals surface area contributed by atoms with E-state index >= 15 is 0 Å². The standard InChI is InChI=1S/C16H24N2O3/c1-2-20-14-6-3-4-7-15(14)21-13-5-8-16(19)18-11-9-17-10-12-18/h3-4,6-7,17H,2,5,8-13H2,1H3. The van der Waals surface area contributed by atoms with E-state index in [1.54, 1.807) is 0 Å². The number of benzene rings is 1. The van der Waals surface area contributed by atoms with Crippen molar-refractivity contribution < 1.29 is 14.3 Å². The first-order chi connectivity index (χ1) is 10.3. The minimum Gasteiger partial charge on any atom is -0.490 e. The summed E-state index contributed by atoms with van der Waals surface area (Å²) < 4.78 is 11.2. The van der Waals surface area contributed by atoms with Gasteiger partial charge in [0.1, 0.15) is 0 Å². The number of nitrogens with zero attached hydrogens (tertiary/aromatic N) is 1. The van der Waals surface area contributed by atoms with Gasteiger partial charge in [0, 0.05) is 32.6 Å². The molecule has 1 fully saturated rings. The fourth-order valence-corrected chi connectivity index (χ4v) is 2.32. The summed E-state index contributed by atoms with van der Waals surface area (Å²) in [6.45, 7) is 6.50. The Hall–Kier alpha value is -1.75. The highest BCUT2D eigenvalue weighted by Crippen LogP contribution is 2.26. The van der Waals surface area contributed by atoms with E-state index in [0.29, 0.717) is 19.6 Å². The van der Waals surface area contributed by atoms with Crippen molar-refractivity contribution in [2.24, 2.45) is 0 Å². The Morgan fingerprint density at radius 1 is 1.19 bits per heavy atom. The van der Waals surface area contributed by atoms with E-state index in [4.69, 9.17) is 9.47 Å². The van der Waals surface area contributed by atoms with Gasteiger partial charge in [-0.2, -0.15) is 0 Å². The number of rotatable bonds is 7. The quantitative estimate of drug-likeness (QED) is 0.777. The number of piperazine rings is 1. The van der Waals surface area contributed by atoms with Crippen LogP contribution in [0, 0.1) is 0 Å². The van der Waals surface area contributed by atoms with E-state index in [0.717, 1.165) is 44.1 Å². The number of carbonyl (C=O) groups excluding carboxylic acids is 1. The van der Waals surface area contributed by atoms with Crippen LogP contribution in [0.5, 0.6) is 11.5 Å². The predicted octanol–water partition coefficient (Wildman–Crippen LogP) is 1.68. The zero-order chi connectivity index (χ0) is 14.9. The topological polar surface area (TPSA) is 50.8 Å². The van der Waals surface area contributed by atoms with Gasteiger partial charge in [-0.15, -0.1) is 0 Å². The normalized spacial score (nSPS) is 14.8. The average molecular weight is 292 g/mol. The predicted molar refractivity (Wildman–Crippen MR) is 81.8 cm³/mol. The highest BCUT2D eigenvalue weighted by Gasteiger charge is 2.15. The fourth-order valence-electron chi connectivity index (χ4n) is 2.32. The number of hydrogen-bond donors (Lipinski definition) is 1. The number of para-hydroxylation sites is 2. The molecule has 1 aromatic carbocycles. The smallest absolute Gasteiger partial charge is 0.222 e. The van der Waals surface area contributed by atoms with Gasteiger partial charge in [0.25, 0.3) is 0 Å². The van der Waals surface area contributed by atoms with E-state index in [1.807, 2.05) is 36.1 Å². The number of nitrogens with one attached hydrogen (secondary N) is 1. The maximum atomic E-state index is 12.0. The molecule has 0 radical (unpaired) electrons. The zero-order valence-corrected chi connectivity index (χ0v) is 12.6. The minimum atomic E-state index is 0.221. The highest BCUT2D eigenvalue weighted by molar-refractivity contribution is 5.76. The molecule has 1 heterocycles. The highest BCUT2D eigenvalue weighted by atomic mass is 16.5. The molecule has 0 bridgehead atoms. The van der Waals surface area contributed by atoms with Gasteiger partial charge in [-0.05, 0) is 25.5 Å². The molecule has 1 aliphatic rings. The summed E-state index contributed by atoms with van der Waals surface area (Å²) in [6.07, 6.45) is 1.26. The second-order valence-corrected chi connectivity index (χ2v) is 4.96. The molecule has 0 atom stereocenters. The summed E-state index contributed by atoms with van der Waals surface area (Å²) in [5, 5.41) is 3.24. The van der Waals surface area contributed by atoms with Gasteiger partial charge in [0.2, 0.25) is 5.91 Å². The summed E-state index contributed by atoms with van der Waals surface area (Å²) in [5.74, 6) is 1.72. The van der Waals surface area contributed by atoms with Crippen LogP contribution in [-0.2, 0) is 4.79 Å². The van der Waals surface area contributed by atoms with E-state index in [9.17, 15) is 4.79 Å². The number of hydrogen-bond acceptors (Lipinski definition) is 4. The molecule has 5 nitrogen and oxygen atoms in total. The zero-order valence-electron chi connectivity index (χ0n) is 12.6. The first kappa shape index (κ1) is 15.6. The monoisotopic (exact) mass is 292 g/mol. The largest absolute Gasteiger partial charge is 0.490 e. The van der Waals surface area contributed by atoms with Gasteiger partial charge >= 0.3 is 0 Å². The molecule has 116 valence electrons. The van der Waals surface area contributed by atoms with Crippen LogP contribution in [0.15, 0.2) is 24.3 Å². The maximum absolute atomic E-state index is 12.0. The Bertz CT molecular complexity index is 445. The molecule has 0 aliphatic carbocycles. The van der Waals surface area contributed by atoms with Crippen LogP contribution in [0.25, 0.3) is 0 Å². The van der Waals surface area contributed by atoms with Gasteiger partial charge in [-0.1, -0.05) is 12.1 Å². The molecule has 2 rings (SSSR count). The third-order valence-electron chi connectivity index (χ3n) is 3.41. The van der Waals surface area contributed by atoms with Crippen molar-refractivity contribution in [1.29, 1.82) is 0 Å². The molecule has 21 heavy (non-hydrogen) atoms. The number of carbonyl (C=O) groups is 1. The SMILES string of the molecule is CCOc1ccccc1OCCCC(=O)N1CCNCC1. The summed E-state index contributed by atoms with van der Waals surface area (Å²) in [4.78, 5) is 13.9. The van der Waals surface area contributed by atoms with E-state index in [-0.39, 0.29) is 5.91 Å². The first-order valence-electron chi connectivity index (χ1n) is 7.64. The molecule has 1 aliphatic heterocycles. The van der Waals surface area contributed by atoms with Crippen molar-refractivity contribution >= 4 is 5.91 Å². The Kier molecular flexibility index (Phi) is 6.34. The van der Waals surface area contributed by atoms with Gasteiger partial charge < -0.3 is 19.7 Å². The summed E-state index contributed by atoms with van der Waals surface area (Å²) in [6, 6.07) is 7.63. The number of amides is 1. The molecule has 1 saturated heterocycles. The third-order valence-corrected chi connectivity index (χ3v) is 3.41. The Labute approximate surface area is 126 Å². The molecule has 5 heteroatoms. The molecule has 0 saturated carbocycles. The van der Waals surface area contributed by atoms with Crippen LogP contribution in [0.3, 0.4) is 0 Å². The maximum Gasteiger partial charge on any atom is 0.222 e. The molecule has 1 aromatic rings. The Morgan fingerprint density at radius 2 is 1.86 bits per heavy atom. The van der Waals surface area contributed by atoms with E-state index in [1.165, 1.54) is 0 Å². The van der Waals surface area contributed by atoms with Gasteiger partial charge in [-0.3, -0.25) is 4.79 Å². The second-order valence-electron chi connectivity index (χ2n) is 4.96. The van der Waals surface area contributed by atoms with Crippen molar-refractivity contribution in [3.05, 3.63) is 24.3 Å². The minimum absolute atomic E-state index is 0.221. The average Bonchev–Trinajstić information content (AvgIpc) is 2.54. The van der Waals surface area contributed by atoms with Crippen LogP contribution in [0.4, 0.5) is 0 Å². The van der Waals surface area contributed by atoms with Gasteiger partial charge in [0.05, 0.1) is 13.2 Å². The van der Waals surface area contributed by atoms with Crippen LogP contribution < -0.4 is 14.8 Å². The van der Waals surface area contributed by atoms with Crippen molar-refractivity contribution in [3.63, 3.8) is 0 Å². The van der Waals surface area contributed by atoms with E-state index < -0.39 is 0 Å². The molecule has 0 aromatic heterocycles. The van der Waals surface area contributed by atoms with Crippen LogP contribution in [0.2, 0.25) is 0 Å². The lowest BCUT2D eigenvalue weighted by Crippen LogP contribution is -2.46. The lowest BCUT2D eigenvalue weighted by Gasteiger charge is -2.27. The second kappa shape index (κ2) is 8.52.